The van der Waals surface area contributed by atoms with Crippen LogP contribution in [0.4, 0.5) is 0 Å². The Morgan fingerprint density at radius 2 is 2.15 bits per heavy atom. The highest BCUT2D eigenvalue weighted by atomic mass is 15.4. The Morgan fingerprint density at radius 3 is 3.05 bits per heavy atom. The normalized spacial score (nSPS) is 18.2. The van der Waals surface area contributed by atoms with Crippen LogP contribution in [0.15, 0.2) is 6.20 Å². The third kappa shape index (κ3) is 2.45. The summed E-state index contributed by atoms with van der Waals surface area (Å²) >= 11 is 0. The third-order valence-corrected chi connectivity index (χ3v) is 3.97. The van der Waals surface area contributed by atoms with Crippen molar-refractivity contribution in [2.75, 3.05) is 0 Å². The van der Waals surface area contributed by atoms with Crippen molar-refractivity contribution in [2.24, 2.45) is 0 Å². The van der Waals surface area contributed by atoms with Gasteiger partial charge in [0.2, 0.25) is 0 Å². The lowest BCUT2D eigenvalue weighted by Crippen LogP contribution is -2.16. The first kappa shape index (κ1) is 12.0. The van der Waals surface area contributed by atoms with E-state index in [0.717, 1.165) is 36.9 Å². The first-order chi connectivity index (χ1) is 9.88. The Labute approximate surface area is 117 Å². The molecule has 0 amide bonds. The highest BCUT2D eigenvalue weighted by Crippen LogP contribution is 2.19. The molecule has 0 saturated heterocycles. The van der Waals surface area contributed by atoms with Crippen LogP contribution in [0.25, 0.3) is 0 Å². The van der Waals surface area contributed by atoms with Crippen molar-refractivity contribution in [1.82, 2.24) is 35.1 Å². The molecule has 1 N–H and O–H groups in total. The minimum absolute atomic E-state index is 0.656. The van der Waals surface area contributed by atoms with Gasteiger partial charge in [-0.3, -0.25) is 0 Å². The van der Waals surface area contributed by atoms with E-state index < -0.39 is 0 Å². The number of hydrogen-bond acceptors (Lipinski definition) is 5. The van der Waals surface area contributed by atoms with Gasteiger partial charge in [0.15, 0.2) is 5.82 Å². The number of aromatic nitrogens is 6. The molecule has 7 nitrogen and oxygen atoms in total. The molecule has 1 aliphatic heterocycles. The van der Waals surface area contributed by atoms with Gasteiger partial charge in [-0.2, -0.15) is 0 Å². The standard InChI is InChI=1S/C13H19N7/c1-2-6-20-12(3-1)16-17-13(20)9-19-8-11(15-18-19)7-14-10-4-5-10/h8,10,14H,1-7,9H2. The Hall–Kier alpha value is -1.76. The lowest BCUT2D eigenvalue weighted by molar-refractivity contribution is 0.493. The van der Waals surface area contributed by atoms with E-state index in [4.69, 9.17) is 0 Å². The van der Waals surface area contributed by atoms with Crippen molar-refractivity contribution in [3.05, 3.63) is 23.5 Å². The van der Waals surface area contributed by atoms with E-state index in [1.165, 1.54) is 25.7 Å². The van der Waals surface area contributed by atoms with E-state index in [0.29, 0.717) is 12.6 Å². The Balaban J connectivity index is 1.44. The van der Waals surface area contributed by atoms with E-state index in [-0.39, 0.29) is 0 Å². The van der Waals surface area contributed by atoms with Crippen LogP contribution in [-0.4, -0.2) is 35.8 Å². The van der Waals surface area contributed by atoms with Gasteiger partial charge in [-0.1, -0.05) is 5.21 Å². The van der Waals surface area contributed by atoms with Gasteiger partial charge in [-0.25, -0.2) is 4.68 Å². The molecular formula is C13H19N7. The molecule has 0 aromatic carbocycles. The number of nitrogens with one attached hydrogen (secondary N) is 1. The summed E-state index contributed by atoms with van der Waals surface area (Å²) in [5.74, 6) is 2.10. The topological polar surface area (TPSA) is 73.5 Å². The average Bonchev–Trinajstić information content (AvgIpc) is 3.06. The maximum atomic E-state index is 4.30. The predicted molar refractivity (Wildman–Crippen MR) is 71.9 cm³/mol. The molecule has 2 aliphatic rings. The lowest BCUT2D eigenvalue weighted by Gasteiger charge is -2.14. The quantitative estimate of drug-likeness (QED) is 0.859. The molecule has 106 valence electrons. The van der Waals surface area contributed by atoms with Crippen LogP contribution in [0.5, 0.6) is 0 Å². The van der Waals surface area contributed by atoms with Crippen LogP contribution >= 0.6 is 0 Å². The highest BCUT2D eigenvalue weighted by molar-refractivity contribution is 5.01. The molecule has 0 bridgehead atoms. The van der Waals surface area contributed by atoms with Crippen LogP contribution in [0.1, 0.15) is 43.0 Å². The highest BCUT2D eigenvalue weighted by Gasteiger charge is 2.20. The molecule has 3 heterocycles. The minimum atomic E-state index is 0.656. The molecule has 1 fully saturated rings. The summed E-state index contributed by atoms with van der Waals surface area (Å²) in [6.07, 6.45) is 8.06. The van der Waals surface area contributed by atoms with Crippen molar-refractivity contribution in [2.45, 2.75) is 57.8 Å². The Bertz CT molecular complexity index is 596. The second-order valence-electron chi connectivity index (χ2n) is 5.70. The Kier molecular flexibility index (Phi) is 2.99. The number of hydrogen-bond donors (Lipinski definition) is 1. The molecule has 4 rings (SSSR count). The maximum absolute atomic E-state index is 4.30. The fourth-order valence-electron chi connectivity index (χ4n) is 2.66. The third-order valence-electron chi connectivity index (χ3n) is 3.97. The van der Waals surface area contributed by atoms with Gasteiger partial charge in [0.1, 0.15) is 12.4 Å². The Morgan fingerprint density at radius 1 is 1.20 bits per heavy atom. The van der Waals surface area contributed by atoms with Crippen molar-refractivity contribution in [3.63, 3.8) is 0 Å². The van der Waals surface area contributed by atoms with Gasteiger partial charge in [0.25, 0.3) is 0 Å². The number of fused-ring (bicyclic) bond motifs is 1. The number of nitrogens with zero attached hydrogens (tertiary/aromatic N) is 6. The van der Waals surface area contributed by atoms with E-state index in [1.807, 2.05) is 10.9 Å². The van der Waals surface area contributed by atoms with Crippen LogP contribution in [-0.2, 0) is 26.1 Å². The molecule has 2 aromatic heterocycles. The number of aryl methyl sites for hydroxylation is 1. The summed E-state index contributed by atoms with van der Waals surface area (Å²) in [6.45, 7) is 2.49. The first-order valence-electron chi connectivity index (χ1n) is 7.42. The van der Waals surface area contributed by atoms with Crippen LogP contribution in [0.2, 0.25) is 0 Å². The lowest BCUT2D eigenvalue weighted by atomic mass is 10.2. The molecule has 0 spiro atoms. The van der Waals surface area contributed by atoms with E-state index in [9.17, 15) is 0 Å². The van der Waals surface area contributed by atoms with Crippen molar-refractivity contribution in [3.8, 4) is 0 Å². The minimum Gasteiger partial charge on any atom is -0.313 e. The van der Waals surface area contributed by atoms with Gasteiger partial charge in [-0.05, 0) is 25.7 Å². The molecule has 0 unspecified atom stereocenters. The van der Waals surface area contributed by atoms with Gasteiger partial charge in [0.05, 0.1) is 11.9 Å². The SMILES string of the molecule is c1c(CNC2CC2)nnn1Cc1nnc2n1CCCC2. The zero-order valence-corrected chi connectivity index (χ0v) is 11.5. The molecule has 1 aliphatic carbocycles. The van der Waals surface area contributed by atoms with E-state index in [1.54, 1.807) is 0 Å². The second-order valence-corrected chi connectivity index (χ2v) is 5.70. The zero-order valence-electron chi connectivity index (χ0n) is 11.5. The van der Waals surface area contributed by atoms with Crippen LogP contribution < -0.4 is 5.32 Å². The monoisotopic (exact) mass is 273 g/mol. The van der Waals surface area contributed by atoms with Crippen LogP contribution in [0, 0.1) is 0 Å². The van der Waals surface area contributed by atoms with Gasteiger partial charge >= 0.3 is 0 Å². The first-order valence-corrected chi connectivity index (χ1v) is 7.42. The van der Waals surface area contributed by atoms with Gasteiger partial charge < -0.3 is 9.88 Å². The fourth-order valence-corrected chi connectivity index (χ4v) is 2.66. The van der Waals surface area contributed by atoms with Gasteiger partial charge in [-0.15, -0.1) is 15.3 Å². The maximum Gasteiger partial charge on any atom is 0.154 e. The molecule has 1 saturated carbocycles. The van der Waals surface area contributed by atoms with E-state index >= 15 is 0 Å². The molecule has 0 radical (unpaired) electrons. The molecule has 2 aromatic rings. The van der Waals surface area contributed by atoms with Gasteiger partial charge in [0, 0.05) is 25.6 Å². The zero-order chi connectivity index (χ0) is 13.4. The summed E-state index contributed by atoms with van der Waals surface area (Å²) in [5.41, 5.74) is 0.996. The van der Waals surface area contributed by atoms with Crippen molar-refractivity contribution in [1.29, 1.82) is 0 Å². The van der Waals surface area contributed by atoms with Crippen molar-refractivity contribution >= 4 is 0 Å². The average molecular weight is 273 g/mol. The smallest absolute Gasteiger partial charge is 0.154 e. The summed E-state index contributed by atoms with van der Waals surface area (Å²) in [5, 5.41) is 20.4. The fraction of sp³-hybridized carbons (Fsp3) is 0.692. The van der Waals surface area contributed by atoms with Crippen LogP contribution in [0.3, 0.4) is 0 Å². The summed E-state index contributed by atoms with van der Waals surface area (Å²) in [4.78, 5) is 0. The molecule has 20 heavy (non-hydrogen) atoms. The molecular weight excluding hydrogens is 254 g/mol. The largest absolute Gasteiger partial charge is 0.313 e. The number of rotatable bonds is 5. The molecule has 0 atom stereocenters. The van der Waals surface area contributed by atoms with E-state index in [2.05, 4.69) is 30.4 Å². The summed E-state index contributed by atoms with van der Waals surface area (Å²) in [6, 6.07) is 0.698. The predicted octanol–water partition coefficient (Wildman–Crippen LogP) is 0.506. The molecule has 7 heteroatoms. The van der Waals surface area contributed by atoms with Crippen molar-refractivity contribution < 1.29 is 0 Å². The summed E-state index contributed by atoms with van der Waals surface area (Å²) in [7, 11) is 0. The summed E-state index contributed by atoms with van der Waals surface area (Å²) < 4.78 is 4.09. The second kappa shape index (κ2) is 4.97.